The zero-order valence-electron chi connectivity index (χ0n) is 10.8. The number of hydrogen-bond donors (Lipinski definition) is 1. The molecule has 1 N–H and O–H groups in total. The molecular weight excluding hydrogens is 268 g/mol. The van der Waals surface area contributed by atoms with Crippen molar-refractivity contribution in [3.05, 3.63) is 22.8 Å². The number of piperidine rings is 1. The lowest BCUT2D eigenvalue weighted by Crippen LogP contribution is -2.37. The lowest BCUT2D eigenvalue weighted by Gasteiger charge is -2.32. The van der Waals surface area contributed by atoms with E-state index in [9.17, 15) is 4.79 Å². The Balaban J connectivity index is 2.07. The Labute approximate surface area is 117 Å². The first-order chi connectivity index (χ1) is 9.11. The fourth-order valence-electron chi connectivity index (χ4n) is 2.25. The van der Waals surface area contributed by atoms with Crippen molar-refractivity contribution < 1.29 is 14.6 Å². The monoisotopic (exact) mass is 284 g/mol. The van der Waals surface area contributed by atoms with Crippen LogP contribution in [0.1, 0.15) is 30.1 Å². The van der Waals surface area contributed by atoms with Crippen LogP contribution in [0.2, 0.25) is 5.02 Å². The SMILES string of the molecule is CCOC1CCN(c2cc(C(=O)O)c(Cl)cn2)CC1. The Bertz CT molecular complexity index is 459. The van der Waals surface area contributed by atoms with E-state index in [2.05, 4.69) is 9.88 Å². The molecule has 5 nitrogen and oxygen atoms in total. The second-order valence-corrected chi connectivity index (χ2v) is 4.88. The third-order valence-corrected chi connectivity index (χ3v) is 3.54. The van der Waals surface area contributed by atoms with Crippen LogP contribution >= 0.6 is 11.6 Å². The van der Waals surface area contributed by atoms with Crippen LogP contribution in [0.3, 0.4) is 0 Å². The molecule has 0 saturated carbocycles. The zero-order valence-corrected chi connectivity index (χ0v) is 11.6. The summed E-state index contributed by atoms with van der Waals surface area (Å²) in [4.78, 5) is 17.3. The molecule has 1 aromatic rings. The lowest BCUT2D eigenvalue weighted by molar-refractivity contribution is 0.0458. The molecular formula is C13H17ClN2O3. The topological polar surface area (TPSA) is 62.7 Å². The normalized spacial score (nSPS) is 16.6. The second-order valence-electron chi connectivity index (χ2n) is 4.47. The van der Waals surface area contributed by atoms with E-state index in [0.717, 1.165) is 32.5 Å². The van der Waals surface area contributed by atoms with Gasteiger partial charge in [-0.25, -0.2) is 9.78 Å². The molecule has 0 amide bonds. The molecule has 2 rings (SSSR count). The van der Waals surface area contributed by atoms with Gasteiger partial charge in [0, 0.05) is 25.9 Å². The van der Waals surface area contributed by atoms with Crippen LogP contribution in [0.15, 0.2) is 12.3 Å². The molecule has 0 aliphatic carbocycles. The number of halogens is 1. The quantitative estimate of drug-likeness (QED) is 0.920. The van der Waals surface area contributed by atoms with E-state index in [1.165, 1.54) is 12.3 Å². The predicted octanol–water partition coefficient (Wildman–Crippen LogP) is 2.44. The fourth-order valence-corrected chi connectivity index (χ4v) is 2.44. The van der Waals surface area contributed by atoms with Gasteiger partial charge in [-0.2, -0.15) is 0 Å². The van der Waals surface area contributed by atoms with E-state index >= 15 is 0 Å². The summed E-state index contributed by atoms with van der Waals surface area (Å²) in [5.41, 5.74) is 0.0959. The number of hydrogen-bond acceptors (Lipinski definition) is 4. The van der Waals surface area contributed by atoms with E-state index in [0.29, 0.717) is 11.9 Å². The molecule has 1 saturated heterocycles. The molecule has 2 heterocycles. The summed E-state index contributed by atoms with van der Waals surface area (Å²) in [5, 5.41) is 9.22. The summed E-state index contributed by atoms with van der Waals surface area (Å²) in [5.74, 6) is -0.366. The molecule has 1 aromatic heterocycles. The third-order valence-electron chi connectivity index (χ3n) is 3.24. The minimum absolute atomic E-state index is 0.0959. The van der Waals surface area contributed by atoms with Gasteiger partial charge in [0.1, 0.15) is 5.82 Å². The van der Waals surface area contributed by atoms with Crippen molar-refractivity contribution in [3.63, 3.8) is 0 Å². The number of rotatable bonds is 4. The Morgan fingerprint density at radius 1 is 1.58 bits per heavy atom. The Hall–Kier alpha value is -1.33. The van der Waals surface area contributed by atoms with Crippen molar-refractivity contribution in [1.82, 2.24) is 4.98 Å². The number of anilines is 1. The number of aromatic carboxylic acids is 1. The second kappa shape index (κ2) is 6.21. The van der Waals surface area contributed by atoms with Crippen LogP contribution in [0, 0.1) is 0 Å². The number of carbonyl (C=O) groups is 1. The van der Waals surface area contributed by atoms with Crippen molar-refractivity contribution in [2.75, 3.05) is 24.6 Å². The molecule has 0 bridgehead atoms. The highest BCUT2D eigenvalue weighted by Crippen LogP contribution is 2.24. The molecule has 6 heteroatoms. The highest BCUT2D eigenvalue weighted by molar-refractivity contribution is 6.33. The highest BCUT2D eigenvalue weighted by atomic mass is 35.5. The maximum Gasteiger partial charge on any atom is 0.337 e. The van der Waals surface area contributed by atoms with Crippen molar-refractivity contribution in [2.45, 2.75) is 25.9 Å². The maximum atomic E-state index is 11.0. The number of carboxylic acids is 1. The fraction of sp³-hybridized carbons (Fsp3) is 0.538. The molecule has 0 radical (unpaired) electrons. The van der Waals surface area contributed by atoms with Gasteiger partial charge in [0.05, 0.1) is 16.7 Å². The van der Waals surface area contributed by atoms with Gasteiger partial charge in [0.2, 0.25) is 0 Å². The first-order valence-electron chi connectivity index (χ1n) is 6.37. The number of aromatic nitrogens is 1. The average molecular weight is 285 g/mol. The molecule has 19 heavy (non-hydrogen) atoms. The van der Waals surface area contributed by atoms with Gasteiger partial charge in [0.25, 0.3) is 0 Å². The van der Waals surface area contributed by atoms with Gasteiger partial charge >= 0.3 is 5.97 Å². The van der Waals surface area contributed by atoms with E-state index < -0.39 is 5.97 Å². The Morgan fingerprint density at radius 2 is 2.26 bits per heavy atom. The molecule has 1 fully saturated rings. The molecule has 0 aromatic carbocycles. The van der Waals surface area contributed by atoms with Crippen LogP contribution < -0.4 is 4.90 Å². The predicted molar refractivity (Wildman–Crippen MR) is 73.1 cm³/mol. The lowest BCUT2D eigenvalue weighted by atomic mass is 10.1. The zero-order chi connectivity index (χ0) is 13.8. The van der Waals surface area contributed by atoms with Crippen LogP contribution in [-0.4, -0.2) is 41.9 Å². The smallest absolute Gasteiger partial charge is 0.337 e. The van der Waals surface area contributed by atoms with Crippen molar-refractivity contribution >= 4 is 23.4 Å². The van der Waals surface area contributed by atoms with Gasteiger partial charge in [0.15, 0.2) is 0 Å². The van der Waals surface area contributed by atoms with E-state index in [4.69, 9.17) is 21.4 Å². The molecule has 1 aliphatic rings. The first-order valence-corrected chi connectivity index (χ1v) is 6.75. The van der Waals surface area contributed by atoms with Crippen LogP contribution in [0.4, 0.5) is 5.82 Å². The van der Waals surface area contributed by atoms with Gasteiger partial charge in [-0.3, -0.25) is 0 Å². The van der Waals surface area contributed by atoms with E-state index in [1.807, 2.05) is 6.92 Å². The van der Waals surface area contributed by atoms with Crippen molar-refractivity contribution in [3.8, 4) is 0 Å². The van der Waals surface area contributed by atoms with E-state index in [1.54, 1.807) is 0 Å². The molecule has 104 valence electrons. The molecule has 0 spiro atoms. The molecule has 0 atom stereocenters. The Kier molecular flexibility index (Phi) is 4.61. The van der Waals surface area contributed by atoms with Gasteiger partial charge in [-0.1, -0.05) is 11.6 Å². The summed E-state index contributed by atoms with van der Waals surface area (Å²) < 4.78 is 5.59. The largest absolute Gasteiger partial charge is 0.478 e. The molecule has 1 aliphatic heterocycles. The summed E-state index contributed by atoms with van der Waals surface area (Å²) in [6.45, 7) is 4.36. The Morgan fingerprint density at radius 3 is 2.84 bits per heavy atom. The minimum Gasteiger partial charge on any atom is -0.478 e. The summed E-state index contributed by atoms with van der Waals surface area (Å²) in [6.07, 6.45) is 3.56. The summed E-state index contributed by atoms with van der Waals surface area (Å²) in [7, 11) is 0. The number of pyridine rings is 1. The number of nitrogens with zero attached hydrogens (tertiary/aromatic N) is 2. The van der Waals surface area contributed by atoms with Gasteiger partial charge < -0.3 is 14.7 Å². The van der Waals surface area contributed by atoms with Gasteiger partial charge in [-0.05, 0) is 25.8 Å². The maximum absolute atomic E-state index is 11.0. The minimum atomic E-state index is -1.03. The van der Waals surface area contributed by atoms with Crippen LogP contribution in [0.25, 0.3) is 0 Å². The van der Waals surface area contributed by atoms with Crippen molar-refractivity contribution in [2.24, 2.45) is 0 Å². The standard InChI is InChI=1S/C13H17ClN2O3/c1-2-19-9-3-5-16(6-4-9)12-7-10(13(17)18)11(14)8-15-12/h7-9H,2-6H2,1H3,(H,17,18). The van der Waals surface area contributed by atoms with Crippen LogP contribution in [0.5, 0.6) is 0 Å². The van der Waals surface area contributed by atoms with Gasteiger partial charge in [-0.15, -0.1) is 0 Å². The molecule has 0 unspecified atom stereocenters. The third kappa shape index (κ3) is 3.36. The average Bonchev–Trinajstić information content (AvgIpc) is 2.40. The van der Waals surface area contributed by atoms with E-state index in [-0.39, 0.29) is 10.6 Å². The summed E-state index contributed by atoms with van der Waals surface area (Å²) >= 11 is 5.81. The first kappa shape index (κ1) is 14.1. The summed E-state index contributed by atoms with van der Waals surface area (Å²) in [6, 6.07) is 1.53. The van der Waals surface area contributed by atoms with Crippen molar-refractivity contribution in [1.29, 1.82) is 0 Å². The number of ether oxygens (including phenoxy) is 1. The number of carboxylic acid groups (broad SMARTS) is 1. The highest BCUT2D eigenvalue weighted by Gasteiger charge is 2.21. The van der Waals surface area contributed by atoms with Crippen LogP contribution in [-0.2, 0) is 4.74 Å².